The third-order valence-corrected chi connectivity index (χ3v) is 5.41. The molecule has 0 aliphatic rings. The molecule has 1 rings (SSSR count). The Morgan fingerprint density at radius 1 is 1.21 bits per heavy atom. The smallest absolute Gasteiger partial charge is 0.339 e. The predicted octanol–water partition coefficient (Wildman–Crippen LogP) is 1.41. The zero-order chi connectivity index (χ0) is 19.0. The van der Waals surface area contributed by atoms with Gasteiger partial charge >= 0.3 is 5.97 Å². The number of carbonyl (C=O) groups excluding carboxylic acids is 1. The third kappa shape index (κ3) is 6.20. The van der Waals surface area contributed by atoms with Crippen LogP contribution in [-0.2, 0) is 19.4 Å². The summed E-state index contributed by atoms with van der Waals surface area (Å²) in [5, 5.41) is 8.89. The van der Waals surface area contributed by atoms with Gasteiger partial charge in [-0.3, -0.25) is 4.79 Å². The van der Waals surface area contributed by atoms with Crippen LogP contribution in [0.3, 0.4) is 0 Å². The van der Waals surface area contributed by atoms with Crippen molar-refractivity contribution in [3.05, 3.63) is 29.8 Å². The van der Waals surface area contributed by atoms with Gasteiger partial charge in [0.1, 0.15) is 0 Å². The molecule has 0 saturated carbocycles. The molecule has 0 saturated heterocycles. The maximum absolute atomic E-state index is 12.5. The van der Waals surface area contributed by atoms with Gasteiger partial charge in [0.25, 0.3) is 0 Å². The molecule has 0 aromatic heterocycles. The van der Waals surface area contributed by atoms with E-state index in [1.54, 1.807) is 12.1 Å². The Morgan fingerprint density at radius 2 is 1.67 bits per heavy atom. The second kappa shape index (κ2) is 9.73. The fourth-order valence-electron chi connectivity index (χ4n) is 1.82. The van der Waals surface area contributed by atoms with Gasteiger partial charge in [-0.2, -0.15) is 0 Å². The second-order valence-electron chi connectivity index (χ2n) is 5.23. The summed E-state index contributed by atoms with van der Waals surface area (Å²) in [6.45, 7) is 3.46. The monoisotopic (exact) mass is 378 g/mol. The van der Waals surface area contributed by atoms with Gasteiger partial charge in [-0.15, -0.1) is 0 Å². The number of rotatable bonds is 7. The van der Waals surface area contributed by atoms with Crippen LogP contribution in [0.1, 0.15) is 31.7 Å². The minimum Gasteiger partial charge on any atom is -0.479 e. The maximum Gasteiger partial charge on any atom is 0.339 e. The molecule has 5 N–H and O–H groups in total. The van der Waals surface area contributed by atoms with Crippen LogP contribution in [0.25, 0.3) is 0 Å². The van der Waals surface area contributed by atoms with Gasteiger partial charge in [0.15, 0.2) is 0 Å². The molecule has 0 amide bonds. The van der Waals surface area contributed by atoms with Crippen LogP contribution in [0.4, 0.5) is 0 Å². The lowest BCUT2D eigenvalue weighted by atomic mass is 10.1. The number of aliphatic carboxylic acids is 1. The fraction of sp³-hybridized carbons (Fsp3) is 0.467. The molecule has 0 unspecified atom stereocenters. The molecule has 24 heavy (non-hydrogen) atoms. The molecule has 136 valence electrons. The number of carboxylic acid groups (broad SMARTS) is 1. The number of halogens is 1. The first-order valence-electron chi connectivity index (χ1n) is 7.18. The standard InChI is InChI=1S/C13H20N2O4S.C2H3ClO/c1-10-4-6-11(7-5-10)20(18,19)13(15,12(16)17)8-2-3-9-14;1-2(3)4/h4-7H,2-3,8-9,14-15H2,1H3,(H,16,17);1H3/t13-;/m1./s1. The van der Waals surface area contributed by atoms with Crippen LogP contribution in [-0.4, -0.2) is 36.2 Å². The van der Waals surface area contributed by atoms with Gasteiger partial charge in [-0.25, -0.2) is 13.2 Å². The van der Waals surface area contributed by atoms with Crippen LogP contribution < -0.4 is 11.5 Å². The number of aryl methyl sites for hydroxylation is 1. The predicted molar refractivity (Wildman–Crippen MR) is 92.4 cm³/mol. The van der Waals surface area contributed by atoms with Crippen molar-refractivity contribution in [2.24, 2.45) is 11.5 Å². The van der Waals surface area contributed by atoms with Crippen LogP contribution in [0.5, 0.6) is 0 Å². The highest BCUT2D eigenvalue weighted by molar-refractivity contribution is 7.93. The quantitative estimate of drug-likeness (QED) is 0.481. The van der Waals surface area contributed by atoms with E-state index in [9.17, 15) is 23.1 Å². The Kier molecular flexibility index (Phi) is 9.13. The van der Waals surface area contributed by atoms with Gasteiger partial charge < -0.3 is 16.6 Å². The van der Waals surface area contributed by atoms with Crippen LogP contribution in [0, 0.1) is 6.92 Å². The zero-order valence-corrected chi connectivity index (χ0v) is 15.2. The van der Waals surface area contributed by atoms with Crippen molar-refractivity contribution in [3.63, 3.8) is 0 Å². The van der Waals surface area contributed by atoms with Crippen LogP contribution in [0.2, 0.25) is 0 Å². The van der Waals surface area contributed by atoms with E-state index in [4.69, 9.17) is 11.5 Å². The average molecular weight is 379 g/mol. The first-order chi connectivity index (χ1) is 11.0. The molecule has 1 atom stereocenters. The SMILES string of the molecule is CC(=O)Cl.Cc1ccc(S(=O)(=O)[C@](N)(CCCCN)C(=O)O)cc1. The Labute approximate surface area is 146 Å². The zero-order valence-electron chi connectivity index (χ0n) is 13.7. The molecule has 9 heteroatoms. The molecule has 0 heterocycles. The number of hydrogen-bond acceptors (Lipinski definition) is 6. The molecule has 0 aliphatic carbocycles. The number of carboxylic acids is 1. The van der Waals surface area contributed by atoms with E-state index >= 15 is 0 Å². The topological polar surface area (TPSA) is 141 Å². The Balaban J connectivity index is 0.00000118. The summed E-state index contributed by atoms with van der Waals surface area (Å²) in [6, 6.07) is 5.96. The fourth-order valence-corrected chi connectivity index (χ4v) is 3.37. The summed E-state index contributed by atoms with van der Waals surface area (Å²) in [4.78, 5) is 18.2. The summed E-state index contributed by atoms with van der Waals surface area (Å²) in [5.41, 5.74) is 11.9. The maximum atomic E-state index is 12.5. The number of benzene rings is 1. The molecular formula is C15H23ClN2O5S. The lowest BCUT2D eigenvalue weighted by Gasteiger charge is -2.24. The summed E-state index contributed by atoms with van der Waals surface area (Å²) >= 11 is 4.64. The molecule has 0 fully saturated rings. The molecule has 1 aromatic carbocycles. The highest BCUT2D eigenvalue weighted by Gasteiger charge is 2.47. The van der Waals surface area contributed by atoms with Gasteiger partial charge in [0, 0.05) is 6.92 Å². The van der Waals surface area contributed by atoms with E-state index in [2.05, 4.69) is 11.6 Å². The molecular weight excluding hydrogens is 356 g/mol. The van der Waals surface area contributed by atoms with E-state index < -0.39 is 20.7 Å². The van der Waals surface area contributed by atoms with E-state index in [0.29, 0.717) is 19.4 Å². The Bertz CT molecular complexity index is 657. The number of carbonyl (C=O) groups is 2. The van der Waals surface area contributed by atoms with E-state index in [-0.39, 0.29) is 16.6 Å². The van der Waals surface area contributed by atoms with Crippen molar-refractivity contribution in [1.29, 1.82) is 0 Å². The molecule has 0 bridgehead atoms. The van der Waals surface area contributed by atoms with Crippen LogP contribution in [0.15, 0.2) is 29.2 Å². The normalized spacial score (nSPS) is 13.4. The summed E-state index contributed by atoms with van der Waals surface area (Å²) in [7, 11) is -4.16. The van der Waals surface area contributed by atoms with Crippen molar-refractivity contribution in [3.8, 4) is 0 Å². The van der Waals surface area contributed by atoms with Crippen molar-refractivity contribution < 1.29 is 23.1 Å². The first kappa shape index (κ1) is 22.5. The van der Waals surface area contributed by atoms with Gasteiger partial charge in [-0.1, -0.05) is 17.7 Å². The third-order valence-electron chi connectivity index (χ3n) is 3.18. The Hall–Kier alpha value is -1.48. The first-order valence-corrected chi connectivity index (χ1v) is 9.05. The lowest BCUT2D eigenvalue weighted by Crippen LogP contribution is -2.54. The molecule has 0 aliphatic heterocycles. The minimum atomic E-state index is -4.16. The van der Waals surface area contributed by atoms with Gasteiger partial charge in [0.05, 0.1) is 4.90 Å². The van der Waals surface area contributed by atoms with Crippen molar-refractivity contribution in [2.75, 3.05) is 6.54 Å². The number of unbranched alkanes of at least 4 members (excludes halogenated alkanes) is 1. The van der Waals surface area contributed by atoms with Gasteiger partial charge in [-0.05, 0) is 56.5 Å². The summed E-state index contributed by atoms with van der Waals surface area (Å²) in [6.07, 6.45) is 0.690. The Morgan fingerprint density at radius 3 is 2.04 bits per heavy atom. The van der Waals surface area contributed by atoms with Gasteiger partial charge in [0.2, 0.25) is 20.0 Å². The summed E-state index contributed by atoms with van der Waals surface area (Å²) in [5.74, 6) is -1.55. The van der Waals surface area contributed by atoms with Crippen molar-refractivity contribution in [2.45, 2.75) is 42.9 Å². The van der Waals surface area contributed by atoms with Crippen molar-refractivity contribution in [1.82, 2.24) is 0 Å². The van der Waals surface area contributed by atoms with E-state index in [1.165, 1.54) is 19.1 Å². The average Bonchev–Trinajstić information content (AvgIpc) is 2.46. The van der Waals surface area contributed by atoms with E-state index in [1.807, 2.05) is 6.92 Å². The number of sulfone groups is 1. The van der Waals surface area contributed by atoms with E-state index in [0.717, 1.165) is 5.56 Å². The van der Waals surface area contributed by atoms with Crippen molar-refractivity contribution >= 4 is 32.6 Å². The highest BCUT2D eigenvalue weighted by atomic mass is 35.5. The molecule has 7 nitrogen and oxygen atoms in total. The molecule has 0 radical (unpaired) electrons. The number of hydrogen-bond donors (Lipinski definition) is 3. The summed E-state index contributed by atoms with van der Waals surface area (Å²) < 4.78 is 24.9. The second-order valence-corrected chi connectivity index (χ2v) is 7.97. The molecule has 0 spiro atoms. The van der Waals surface area contributed by atoms with Crippen LogP contribution >= 0.6 is 11.6 Å². The largest absolute Gasteiger partial charge is 0.479 e. The minimum absolute atomic E-state index is 0.0826. The number of nitrogens with two attached hydrogens (primary N) is 2. The highest BCUT2D eigenvalue weighted by Crippen LogP contribution is 2.27. The molecule has 1 aromatic rings. The lowest BCUT2D eigenvalue weighted by molar-refractivity contribution is -0.140.